The van der Waals surface area contributed by atoms with Crippen molar-refractivity contribution in [1.29, 1.82) is 0 Å². The molecule has 7 nitrogen and oxygen atoms in total. The van der Waals surface area contributed by atoms with Crippen molar-refractivity contribution >= 4 is 17.8 Å². The topological polar surface area (TPSA) is 88.4 Å². The van der Waals surface area contributed by atoms with Gasteiger partial charge in [-0.25, -0.2) is 9.59 Å². The van der Waals surface area contributed by atoms with Crippen LogP contribution in [0.15, 0.2) is 35.5 Å². The largest absolute Gasteiger partial charge is 0.477 e. The summed E-state index contributed by atoms with van der Waals surface area (Å²) in [6.45, 7) is 7.99. The van der Waals surface area contributed by atoms with Gasteiger partial charge in [0, 0.05) is 30.3 Å². The standard InChI is InChI=1S/C20H26N2O5/c1-18(2)12-20(10-15(16(23)24)21-27-20)13-19(3,4)22(18)17(25)26-11-14-8-6-5-7-9-14/h5-9H,10-13H2,1-4H3,(H,23,24). The minimum atomic E-state index is -1.06. The van der Waals surface area contributed by atoms with Crippen molar-refractivity contribution in [2.75, 3.05) is 0 Å². The highest BCUT2D eigenvalue weighted by Gasteiger charge is 2.58. The first-order chi connectivity index (χ1) is 12.5. The van der Waals surface area contributed by atoms with Gasteiger partial charge < -0.3 is 14.7 Å². The number of carboxylic acids is 1. The fraction of sp³-hybridized carbons (Fsp3) is 0.550. The fourth-order valence-corrected chi connectivity index (χ4v) is 4.72. The summed E-state index contributed by atoms with van der Waals surface area (Å²) in [7, 11) is 0. The molecule has 0 unspecified atom stereocenters. The number of aliphatic carboxylic acids is 1. The van der Waals surface area contributed by atoms with Gasteiger partial charge in [-0.05, 0) is 33.3 Å². The number of hydrogen-bond donors (Lipinski definition) is 1. The average molecular weight is 374 g/mol. The molecule has 2 heterocycles. The number of hydrogen-bond acceptors (Lipinski definition) is 5. The van der Waals surface area contributed by atoms with Gasteiger partial charge in [-0.3, -0.25) is 4.90 Å². The SMILES string of the molecule is CC1(C)CC2(CC(C(=O)O)=NO2)CC(C)(C)N1C(=O)OCc1ccccc1. The Morgan fingerprint density at radius 3 is 2.26 bits per heavy atom. The van der Waals surface area contributed by atoms with Crippen LogP contribution in [0.3, 0.4) is 0 Å². The highest BCUT2D eigenvalue weighted by Crippen LogP contribution is 2.49. The Morgan fingerprint density at radius 2 is 1.74 bits per heavy atom. The number of amides is 1. The molecular weight excluding hydrogens is 348 g/mol. The van der Waals surface area contributed by atoms with Gasteiger partial charge >= 0.3 is 12.1 Å². The minimum absolute atomic E-state index is 0.0294. The van der Waals surface area contributed by atoms with E-state index in [9.17, 15) is 14.7 Å². The number of carboxylic acid groups (broad SMARTS) is 1. The monoisotopic (exact) mass is 374 g/mol. The molecule has 0 saturated carbocycles. The molecule has 2 aliphatic rings. The fourth-order valence-electron chi connectivity index (χ4n) is 4.72. The first-order valence-electron chi connectivity index (χ1n) is 9.04. The summed E-state index contributed by atoms with van der Waals surface area (Å²) in [5.41, 5.74) is -0.926. The lowest BCUT2D eigenvalue weighted by molar-refractivity contribution is -0.141. The average Bonchev–Trinajstić information content (AvgIpc) is 2.94. The molecule has 0 aliphatic carbocycles. The molecule has 1 N–H and O–H groups in total. The number of carbonyl (C=O) groups is 2. The van der Waals surface area contributed by atoms with Crippen molar-refractivity contribution in [3.05, 3.63) is 35.9 Å². The van der Waals surface area contributed by atoms with Gasteiger partial charge in [-0.2, -0.15) is 0 Å². The molecule has 0 radical (unpaired) electrons. The second-order valence-corrected chi connectivity index (χ2v) is 8.65. The molecule has 1 amide bonds. The van der Waals surface area contributed by atoms with Gasteiger partial charge in [0.1, 0.15) is 12.2 Å². The van der Waals surface area contributed by atoms with Crippen LogP contribution in [0.2, 0.25) is 0 Å². The first-order valence-corrected chi connectivity index (χ1v) is 9.04. The summed E-state index contributed by atoms with van der Waals surface area (Å²) in [5, 5.41) is 13.0. The number of benzene rings is 1. The van der Waals surface area contributed by atoms with E-state index in [1.54, 1.807) is 4.90 Å². The van der Waals surface area contributed by atoms with Crippen molar-refractivity contribution in [3.63, 3.8) is 0 Å². The van der Waals surface area contributed by atoms with Crippen LogP contribution in [0.4, 0.5) is 4.79 Å². The van der Waals surface area contributed by atoms with E-state index >= 15 is 0 Å². The third-order valence-electron chi connectivity index (χ3n) is 5.19. The predicted octanol–water partition coefficient (Wildman–Crippen LogP) is 3.58. The van der Waals surface area contributed by atoms with E-state index in [4.69, 9.17) is 9.57 Å². The maximum absolute atomic E-state index is 12.9. The van der Waals surface area contributed by atoms with E-state index in [2.05, 4.69) is 5.16 Å². The normalized spacial score (nSPS) is 22.1. The molecule has 1 aromatic carbocycles. The van der Waals surface area contributed by atoms with Gasteiger partial charge in [0.15, 0.2) is 5.71 Å². The van der Waals surface area contributed by atoms with Gasteiger partial charge in [0.2, 0.25) is 0 Å². The van der Waals surface area contributed by atoms with Crippen LogP contribution in [0.5, 0.6) is 0 Å². The zero-order valence-electron chi connectivity index (χ0n) is 16.2. The molecule has 0 aromatic heterocycles. The predicted molar refractivity (Wildman–Crippen MR) is 99.4 cm³/mol. The lowest BCUT2D eigenvalue weighted by Gasteiger charge is -2.56. The third kappa shape index (κ3) is 3.77. The summed E-state index contributed by atoms with van der Waals surface area (Å²) < 4.78 is 5.57. The zero-order chi connectivity index (χ0) is 19.9. The molecule has 27 heavy (non-hydrogen) atoms. The molecule has 146 valence electrons. The van der Waals surface area contributed by atoms with E-state index in [0.717, 1.165) is 5.56 Å². The first kappa shape index (κ1) is 19.2. The Morgan fingerprint density at radius 1 is 1.15 bits per heavy atom. The quantitative estimate of drug-likeness (QED) is 0.874. The zero-order valence-corrected chi connectivity index (χ0v) is 16.2. The van der Waals surface area contributed by atoms with Crippen molar-refractivity contribution in [2.24, 2.45) is 5.16 Å². The molecule has 1 saturated heterocycles. The Balaban J connectivity index is 1.75. The number of oxime groups is 1. The number of rotatable bonds is 3. The number of likely N-dealkylation sites (tertiary alicyclic amines) is 1. The Bertz CT molecular complexity index is 752. The highest BCUT2D eigenvalue weighted by molar-refractivity contribution is 6.36. The van der Waals surface area contributed by atoms with Crippen molar-refractivity contribution < 1.29 is 24.3 Å². The summed E-state index contributed by atoms with van der Waals surface area (Å²) in [4.78, 5) is 31.5. The minimum Gasteiger partial charge on any atom is -0.477 e. The van der Waals surface area contributed by atoms with Crippen LogP contribution in [0.1, 0.15) is 52.5 Å². The molecule has 1 spiro atoms. The number of ether oxygens (including phenoxy) is 1. The van der Waals surface area contributed by atoms with Crippen LogP contribution in [0.25, 0.3) is 0 Å². The molecule has 0 atom stereocenters. The second kappa shape index (κ2) is 6.55. The van der Waals surface area contributed by atoms with Gasteiger partial charge in [-0.15, -0.1) is 0 Å². The molecule has 7 heteroatoms. The van der Waals surface area contributed by atoms with Crippen molar-refractivity contribution in [2.45, 2.75) is 70.2 Å². The van der Waals surface area contributed by atoms with Crippen LogP contribution < -0.4 is 0 Å². The summed E-state index contributed by atoms with van der Waals surface area (Å²) >= 11 is 0. The van der Waals surface area contributed by atoms with E-state index < -0.39 is 22.6 Å². The maximum Gasteiger partial charge on any atom is 0.410 e. The highest BCUT2D eigenvalue weighted by atomic mass is 16.7. The Kier molecular flexibility index (Phi) is 4.66. The van der Waals surface area contributed by atoms with Crippen LogP contribution in [0, 0.1) is 0 Å². The molecule has 3 rings (SSSR count). The smallest absolute Gasteiger partial charge is 0.410 e. The van der Waals surface area contributed by atoms with E-state index in [0.29, 0.717) is 12.8 Å². The van der Waals surface area contributed by atoms with Crippen LogP contribution in [-0.4, -0.2) is 44.5 Å². The lowest BCUT2D eigenvalue weighted by atomic mass is 9.69. The number of nitrogens with zero attached hydrogens (tertiary/aromatic N) is 2. The molecular formula is C20H26N2O5. The Labute approximate surface area is 158 Å². The number of piperidine rings is 1. The lowest BCUT2D eigenvalue weighted by Crippen LogP contribution is -2.67. The second-order valence-electron chi connectivity index (χ2n) is 8.65. The summed E-state index contributed by atoms with van der Waals surface area (Å²) in [6.07, 6.45) is 0.803. The van der Waals surface area contributed by atoms with Crippen molar-refractivity contribution in [1.82, 2.24) is 4.90 Å². The molecule has 2 aliphatic heterocycles. The van der Waals surface area contributed by atoms with Crippen molar-refractivity contribution in [3.8, 4) is 0 Å². The van der Waals surface area contributed by atoms with Gasteiger partial charge in [-0.1, -0.05) is 35.5 Å². The summed E-state index contributed by atoms with van der Waals surface area (Å²) in [5.74, 6) is -1.06. The third-order valence-corrected chi connectivity index (χ3v) is 5.19. The molecule has 1 aromatic rings. The molecule has 0 bridgehead atoms. The maximum atomic E-state index is 12.9. The van der Waals surface area contributed by atoms with Crippen LogP contribution >= 0.6 is 0 Å². The van der Waals surface area contributed by atoms with E-state index in [-0.39, 0.29) is 24.8 Å². The summed E-state index contributed by atoms with van der Waals surface area (Å²) in [6, 6.07) is 9.53. The van der Waals surface area contributed by atoms with E-state index in [1.165, 1.54) is 0 Å². The number of carbonyl (C=O) groups excluding carboxylic acids is 1. The van der Waals surface area contributed by atoms with E-state index in [1.807, 2.05) is 58.0 Å². The van der Waals surface area contributed by atoms with Crippen LogP contribution in [-0.2, 0) is 21.0 Å². The molecule has 1 fully saturated rings. The van der Waals surface area contributed by atoms with Gasteiger partial charge in [0.25, 0.3) is 0 Å². The van der Waals surface area contributed by atoms with Gasteiger partial charge in [0.05, 0.1) is 0 Å². The Hall–Kier alpha value is -2.57.